The third kappa shape index (κ3) is 2.89. The third-order valence-corrected chi connectivity index (χ3v) is 3.86. The Hall–Kier alpha value is -1.71. The predicted molar refractivity (Wildman–Crippen MR) is 84.5 cm³/mol. The molecule has 0 aliphatic rings. The van der Waals surface area contributed by atoms with Crippen molar-refractivity contribution in [2.24, 2.45) is 0 Å². The number of benzene rings is 2. The van der Waals surface area contributed by atoms with Gasteiger partial charge in [-0.1, -0.05) is 40.2 Å². The van der Waals surface area contributed by atoms with Crippen LogP contribution in [-0.2, 0) is 6.42 Å². The maximum atomic E-state index is 10.4. The lowest BCUT2D eigenvalue weighted by molar-refractivity contribution is 0.178. The zero-order valence-electron chi connectivity index (χ0n) is 10.8. The number of hydrogen-bond donors (Lipinski definition) is 1. The van der Waals surface area contributed by atoms with Crippen LogP contribution < -0.4 is 0 Å². The first-order valence-corrected chi connectivity index (χ1v) is 7.28. The molecule has 2 aromatic carbocycles. The van der Waals surface area contributed by atoms with Gasteiger partial charge in [-0.3, -0.25) is 4.98 Å². The summed E-state index contributed by atoms with van der Waals surface area (Å²) in [5.41, 5.74) is 1.97. The van der Waals surface area contributed by atoms with Crippen LogP contribution in [0, 0.1) is 0 Å². The fourth-order valence-corrected chi connectivity index (χ4v) is 2.68. The highest BCUT2D eigenvalue weighted by molar-refractivity contribution is 9.10. The number of aliphatic hydroxyl groups excluding tert-OH is 1. The second-order valence-corrected chi connectivity index (χ2v) is 5.75. The van der Waals surface area contributed by atoms with Crippen LogP contribution >= 0.6 is 15.9 Å². The van der Waals surface area contributed by atoms with E-state index in [1.165, 1.54) is 0 Å². The van der Waals surface area contributed by atoms with Crippen LogP contribution in [-0.4, -0.2) is 10.1 Å². The molecule has 3 aromatic rings. The van der Waals surface area contributed by atoms with Crippen molar-refractivity contribution >= 4 is 26.7 Å². The molecule has 0 aliphatic carbocycles. The van der Waals surface area contributed by atoms with Crippen LogP contribution in [0.25, 0.3) is 10.8 Å². The Morgan fingerprint density at radius 3 is 2.65 bits per heavy atom. The Morgan fingerprint density at radius 2 is 1.85 bits per heavy atom. The minimum Gasteiger partial charge on any atom is -0.388 e. The molecule has 3 rings (SSSR count). The third-order valence-electron chi connectivity index (χ3n) is 3.36. The van der Waals surface area contributed by atoms with Crippen molar-refractivity contribution in [3.63, 3.8) is 0 Å². The van der Waals surface area contributed by atoms with Gasteiger partial charge in [0.05, 0.1) is 6.10 Å². The van der Waals surface area contributed by atoms with E-state index in [1.54, 1.807) is 12.4 Å². The van der Waals surface area contributed by atoms with E-state index >= 15 is 0 Å². The van der Waals surface area contributed by atoms with Crippen molar-refractivity contribution in [3.05, 3.63) is 76.5 Å². The summed E-state index contributed by atoms with van der Waals surface area (Å²) in [6, 6.07) is 16.1. The summed E-state index contributed by atoms with van der Waals surface area (Å²) >= 11 is 3.47. The molecule has 100 valence electrons. The van der Waals surface area contributed by atoms with Crippen LogP contribution in [0.2, 0.25) is 0 Å². The average molecular weight is 328 g/mol. The van der Waals surface area contributed by atoms with Crippen LogP contribution in [0.3, 0.4) is 0 Å². The molecule has 0 spiro atoms. The largest absolute Gasteiger partial charge is 0.388 e. The van der Waals surface area contributed by atoms with Crippen molar-refractivity contribution in [3.8, 4) is 0 Å². The molecule has 3 heteroatoms. The number of nitrogens with zero attached hydrogens (tertiary/aromatic N) is 1. The fraction of sp³-hybridized carbons (Fsp3) is 0.118. The standard InChI is InChI=1S/C17H14BrNO/c18-16-6-5-13-9-15(4-3-14(13)10-16)17(20)8-12-2-1-7-19-11-12/h1-7,9-11,17,20H,8H2. The lowest BCUT2D eigenvalue weighted by atomic mass is 9.99. The summed E-state index contributed by atoms with van der Waals surface area (Å²) in [5.74, 6) is 0. The summed E-state index contributed by atoms with van der Waals surface area (Å²) in [5, 5.41) is 12.6. The van der Waals surface area contributed by atoms with E-state index in [2.05, 4.69) is 33.0 Å². The Kier molecular flexibility index (Phi) is 3.81. The number of aromatic nitrogens is 1. The Bertz CT molecular complexity index is 727. The lowest BCUT2D eigenvalue weighted by Gasteiger charge is -2.12. The number of fused-ring (bicyclic) bond motifs is 1. The highest BCUT2D eigenvalue weighted by atomic mass is 79.9. The fourth-order valence-electron chi connectivity index (χ4n) is 2.30. The van der Waals surface area contributed by atoms with Crippen molar-refractivity contribution < 1.29 is 5.11 Å². The molecule has 0 radical (unpaired) electrons. The summed E-state index contributed by atoms with van der Waals surface area (Å²) in [7, 11) is 0. The van der Waals surface area contributed by atoms with E-state index in [0.717, 1.165) is 26.4 Å². The van der Waals surface area contributed by atoms with Gasteiger partial charge in [0.1, 0.15) is 0 Å². The Morgan fingerprint density at radius 1 is 1.05 bits per heavy atom. The summed E-state index contributed by atoms with van der Waals surface area (Å²) in [6.45, 7) is 0. The zero-order valence-corrected chi connectivity index (χ0v) is 12.4. The Labute approximate surface area is 126 Å². The van der Waals surface area contributed by atoms with Gasteiger partial charge in [-0.25, -0.2) is 0 Å². The van der Waals surface area contributed by atoms with Crippen molar-refractivity contribution in [2.45, 2.75) is 12.5 Å². The van der Waals surface area contributed by atoms with Crippen LogP contribution in [0.1, 0.15) is 17.2 Å². The first-order chi connectivity index (χ1) is 9.72. The molecule has 0 aliphatic heterocycles. The quantitative estimate of drug-likeness (QED) is 0.779. The van der Waals surface area contributed by atoms with Crippen LogP contribution in [0.4, 0.5) is 0 Å². The van der Waals surface area contributed by atoms with E-state index in [-0.39, 0.29) is 0 Å². The molecule has 1 N–H and O–H groups in total. The van der Waals surface area contributed by atoms with Crippen molar-refractivity contribution in [1.29, 1.82) is 0 Å². The molecule has 1 heterocycles. The zero-order chi connectivity index (χ0) is 13.9. The topological polar surface area (TPSA) is 33.1 Å². The molecule has 1 unspecified atom stereocenters. The molecular formula is C17H14BrNO. The molecule has 0 amide bonds. The molecule has 0 saturated heterocycles. The van der Waals surface area contributed by atoms with Crippen molar-refractivity contribution in [1.82, 2.24) is 4.98 Å². The summed E-state index contributed by atoms with van der Waals surface area (Å²) in [6.07, 6.45) is 3.60. The van der Waals surface area contributed by atoms with Crippen molar-refractivity contribution in [2.75, 3.05) is 0 Å². The Balaban J connectivity index is 1.88. The lowest BCUT2D eigenvalue weighted by Crippen LogP contribution is -2.01. The number of pyridine rings is 1. The van der Waals surface area contributed by atoms with E-state index < -0.39 is 6.10 Å². The predicted octanol–water partition coefficient (Wildman–Crippen LogP) is 4.27. The first-order valence-electron chi connectivity index (χ1n) is 6.48. The van der Waals surface area contributed by atoms with Crippen LogP contribution in [0.5, 0.6) is 0 Å². The molecule has 0 bridgehead atoms. The molecule has 2 nitrogen and oxygen atoms in total. The van der Waals surface area contributed by atoms with Gasteiger partial charge in [-0.2, -0.15) is 0 Å². The normalized spacial score (nSPS) is 12.5. The number of halogens is 1. The van der Waals surface area contributed by atoms with Gasteiger partial charge < -0.3 is 5.11 Å². The molecule has 1 atom stereocenters. The van der Waals surface area contributed by atoms with Crippen LogP contribution in [0.15, 0.2) is 65.4 Å². The first kappa shape index (κ1) is 13.3. The molecule has 1 aromatic heterocycles. The van der Waals surface area contributed by atoms with Gasteiger partial charge in [-0.15, -0.1) is 0 Å². The van der Waals surface area contributed by atoms with Gasteiger partial charge >= 0.3 is 0 Å². The van der Waals surface area contributed by atoms with E-state index in [4.69, 9.17) is 0 Å². The highest BCUT2D eigenvalue weighted by Gasteiger charge is 2.09. The van der Waals surface area contributed by atoms with Gasteiger partial charge in [0, 0.05) is 23.3 Å². The van der Waals surface area contributed by atoms with E-state index in [9.17, 15) is 5.11 Å². The van der Waals surface area contributed by atoms with Gasteiger partial charge in [0.2, 0.25) is 0 Å². The number of rotatable bonds is 3. The minimum absolute atomic E-state index is 0.507. The molecule has 0 fully saturated rings. The average Bonchev–Trinajstić information content (AvgIpc) is 2.47. The SMILES string of the molecule is OC(Cc1cccnc1)c1ccc2cc(Br)ccc2c1. The van der Waals surface area contributed by atoms with Gasteiger partial charge in [-0.05, 0) is 46.2 Å². The second kappa shape index (κ2) is 5.73. The number of hydrogen-bond acceptors (Lipinski definition) is 2. The number of aliphatic hydroxyl groups is 1. The maximum Gasteiger partial charge on any atom is 0.0831 e. The second-order valence-electron chi connectivity index (χ2n) is 4.83. The molecule has 20 heavy (non-hydrogen) atoms. The smallest absolute Gasteiger partial charge is 0.0831 e. The maximum absolute atomic E-state index is 10.4. The van der Waals surface area contributed by atoms with E-state index in [0.29, 0.717) is 6.42 Å². The van der Waals surface area contributed by atoms with E-state index in [1.807, 2.05) is 36.4 Å². The van der Waals surface area contributed by atoms with Gasteiger partial charge in [0.25, 0.3) is 0 Å². The monoisotopic (exact) mass is 327 g/mol. The van der Waals surface area contributed by atoms with Gasteiger partial charge in [0.15, 0.2) is 0 Å². The molecule has 0 saturated carbocycles. The highest BCUT2D eigenvalue weighted by Crippen LogP contribution is 2.25. The summed E-state index contributed by atoms with van der Waals surface area (Å²) < 4.78 is 1.06. The minimum atomic E-state index is -0.507. The molecular weight excluding hydrogens is 314 g/mol. The summed E-state index contributed by atoms with van der Waals surface area (Å²) in [4.78, 5) is 4.07.